The highest BCUT2D eigenvalue weighted by molar-refractivity contribution is 9.11. The van der Waals surface area contributed by atoms with Crippen LogP contribution in [0.1, 0.15) is 79.2 Å². The third kappa shape index (κ3) is 12.5. The van der Waals surface area contributed by atoms with E-state index in [-0.39, 0.29) is 37.7 Å². The lowest BCUT2D eigenvalue weighted by molar-refractivity contribution is -0.138. The first kappa shape index (κ1) is 44.2. The average molecular weight is 1050 g/mol. The van der Waals surface area contributed by atoms with E-state index in [4.69, 9.17) is 31.3 Å². The third-order valence-electron chi connectivity index (χ3n) is 9.45. The fourth-order valence-electron chi connectivity index (χ4n) is 6.05. The summed E-state index contributed by atoms with van der Waals surface area (Å²) < 4.78 is 44.2. The fourth-order valence-corrected chi connectivity index (χ4v) is 9.31. The van der Waals surface area contributed by atoms with Gasteiger partial charge in [0, 0.05) is 41.1 Å². The van der Waals surface area contributed by atoms with Crippen molar-refractivity contribution in [2.24, 2.45) is 0 Å². The molecule has 15 heteroatoms. The maximum absolute atomic E-state index is 14.9. The zero-order chi connectivity index (χ0) is 40.5. The lowest BCUT2D eigenvalue weighted by Gasteiger charge is -2.28. The largest absolute Gasteiger partial charge is 0.486 e. The quantitative estimate of drug-likeness (QED) is 0.0877. The Labute approximate surface area is 363 Å². The summed E-state index contributed by atoms with van der Waals surface area (Å²) in [5.41, 5.74) is 4.50. The van der Waals surface area contributed by atoms with Gasteiger partial charge in [-0.15, -0.1) is 0 Å². The highest BCUT2D eigenvalue weighted by atomic mass is 79.9. The van der Waals surface area contributed by atoms with Crippen LogP contribution in [0.4, 0.5) is 20.2 Å². The average Bonchev–Trinajstić information content (AvgIpc) is 3.08. The van der Waals surface area contributed by atoms with E-state index in [0.29, 0.717) is 81.8 Å². The van der Waals surface area contributed by atoms with Gasteiger partial charge in [-0.25, -0.2) is 8.78 Å². The minimum Gasteiger partial charge on any atom is -0.486 e. The highest BCUT2D eigenvalue weighted by Crippen LogP contribution is 2.38. The second kappa shape index (κ2) is 20.7. The van der Waals surface area contributed by atoms with Crippen molar-refractivity contribution in [3.8, 4) is 11.5 Å². The molecule has 0 atom stereocenters. The van der Waals surface area contributed by atoms with Gasteiger partial charge in [0.2, 0.25) is 0 Å². The normalized spacial score (nSPS) is 13.9. The van der Waals surface area contributed by atoms with Crippen molar-refractivity contribution in [3.05, 3.63) is 111 Å². The van der Waals surface area contributed by atoms with Crippen molar-refractivity contribution in [2.45, 2.75) is 96.4 Å². The molecule has 0 amide bonds. The van der Waals surface area contributed by atoms with Gasteiger partial charge < -0.3 is 30.3 Å². The number of aryl methyl sites for hydroxylation is 3. The third-order valence-corrected chi connectivity index (χ3v) is 12.0. The van der Waals surface area contributed by atoms with Gasteiger partial charge in [-0.1, -0.05) is 11.6 Å². The molecular formula is C41H41Br4ClF2N2O6. The van der Waals surface area contributed by atoms with E-state index >= 15 is 0 Å². The van der Waals surface area contributed by atoms with E-state index < -0.39 is 11.9 Å². The molecule has 0 unspecified atom stereocenters. The molecule has 4 aromatic carbocycles. The predicted molar refractivity (Wildman–Crippen MR) is 229 cm³/mol. The molecule has 56 heavy (non-hydrogen) atoms. The number of nitrogens with one attached hydrogen (secondary N) is 2. The number of carboxylic acid groups (broad SMARTS) is 2. The summed E-state index contributed by atoms with van der Waals surface area (Å²) >= 11 is 20.0. The molecule has 6 rings (SSSR count). The molecule has 2 fully saturated rings. The van der Waals surface area contributed by atoms with Crippen LogP contribution in [-0.4, -0.2) is 34.2 Å². The standard InChI is InChI=1S/C21H22Br2FNO3.C20H19Br2ClFNO3/c1-12-7-14(20(24)18(8-12)25-15-3-2-4-15)11-28-21-16(22)9-13(10-17(21)23)5-6-19(26)27;21-15-6-11(4-5-18(26)27)7-16(22)20(15)28-10-12-8-13(23)9-17(19(12)24)25-14-2-1-3-14/h7-10,15,25H,2-6,11H2,1H3,(H,26,27);6-9,14,25H,1-5,10H2,(H,26,27). The van der Waals surface area contributed by atoms with Crippen LogP contribution in [0.5, 0.6) is 11.5 Å². The van der Waals surface area contributed by atoms with E-state index in [9.17, 15) is 18.4 Å². The number of ether oxygens (including phenoxy) is 2. The first-order chi connectivity index (χ1) is 26.7. The Bertz CT molecular complexity index is 1870. The summed E-state index contributed by atoms with van der Waals surface area (Å²) in [6.45, 7) is 2.05. The molecule has 2 saturated carbocycles. The number of aliphatic carboxylic acids is 2. The summed E-state index contributed by atoms with van der Waals surface area (Å²) in [6.07, 6.45) is 7.50. The van der Waals surface area contributed by atoms with E-state index in [1.165, 1.54) is 6.42 Å². The van der Waals surface area contributed by atoms with Gasteiger partial charge in [0.15, 0.2) is 11.6 Å². The van der Waals surface area contributed by atoms with Crippen molar-refractivity contribution in [2.75, 3.05) is 10.6 Å². The van der Waals surface area contributed by atoms with Gasteiger partial charge >= 0.3 is 11.9 Å². The molecule has 0 radical (unpaired) electrons. The van der Waals surface area contributed by atoms with Crippen LogP contribution < -0.4 is 20.1 Å². The Morgan fingerprint density at radius 2 is 1.07 bits per heavy atom. The Balaban J connectivity index is 0.000000214. The molecule has 2 aliphatic rings. The lowest BCUT2D eigenvalue weighted by atomic mass is 9.92. The Morgan fingerprint density at radius 3 is 1.45 bits per heavy atom. The van der Waals surface area contributed by atoms with Crippen molar-refractivity contribution >= 4 is 98.6 Å². The summed E-state index contributed by atoms with van der Waals surface area (Å²) in [4.78, 5) is 21.5. The molecule has 0 bridgehead atoms. The van der Waals surface area contributed by atoms with Crippen molar-refractivity contribution in [3.63, 3.8) is 0 Å². The summed E-state index contributed by atoms with van der Waals surface area (Å²) in [7, 11) is 0. The number of halogens is 7. The van der Waals surface area contributed by atoms with E-state index in [1.807, 2.05) is 25.1 Å². The summed E-state index contributed by atoms with van der Waals surface area (Å²) in [5, 5.41) is 24.6. The maximum atomic E-state index is 14.9. The Hall–Kier alpha value is -2.91. The van der Waals surface area contributed by atoms with E-state index in [2.05, 4.69) is 74.4 Å². The number of carbonyl (C=O) groups is 2. The molecule has 0 spiro atoms. The van der Waals surface area contributed by atoms with Gasteiger partial charge in [-0.05, 0) is 187 Å². The lowest BCUT2D eigenvalue weighted by Crippen LogP contribution is -2.27. The molecule has 4 aromatic rings. The molecule has 0 aromatic heterocycles. The first-order valence-corrected chi connectivity index (χ1v) is 21.7. The van der Waals surface area contributed by atoms with Crippen LogP contribution in [0, 0.1) is 18.6 Å². The molecule has 0 heterocycles. The van der Waals surface area contributed by atoms with Gasteiger partial charge in [-0.2, -0.15) is 0 Å². The number of benzene rings is 4. The topological polar surface area (TPSA) is 117 Å². The zero-order valence-electron chi connectivity index (χ0n) is 30.4. The molecule has 8 nitrogen and oxygen atoms in total. The van der Waals surface area contributed by atoms with Gasteiger partial charge in [0.25, 0.3) is 0 Å². The summed E-state index contributed by atoms with van der Waals surface area (Å²) in [5.74, 6) is -1.24. The van der Waals surface area contributed by atoms with Crippen LogP contribution in [0.2, 0.25) is 5.02 Å². The van der Waals surface area contributed by atoms with Crippen molar-refractivity contribution in [1.82, 2.24) is 0 Å². The molecule has 300 valence electrons. The maximum Gasteiger partial charge on any atom is 0.303 e. The van der Waals surface area contributed by atoms with Gasteiger partial charge in [0.1, 0.15) is 24.7 Å². The number of hydrogen-bond acceptors (Lipinski definition) is 6. The van der Waals surface area contributed by atoms with Crippen molar-refractivity contribution < 1.29 is 38.1 Å². The van der Waals surface area contributed by atoms with Gasteiger partial charge in [0.05, 0.1) is 29.3 Å². The van der Waals surface area contributed by atoms with Crippen LogP contribution in [0.15, 0.2) is 66.4 Å². The van der Waals surface area contributed by atoms with E-state index in [0.717, 1.165) is 48.8 Å². The van der Waals surface area contributed by atoms with Crippen LogP contribution in [0.25, 0.3) is 0 Å². The number of anilines is 2. The molecule has 0 saturated heterocycles. The van der Waals surface area contributed by atoms with E-state index in [1.54, 1.807) is 30.3 Å². The second-order valence-electron chi connectivity index (χ2n) is 13.9. The number of hydrogen-bond donors (Lipinski definition) is 4. The number of rotatable bonds is 16. The molecule has 0 aliphatic heterocycles. The number of carboxylic acids is 2. The second-order valence-corrected chi connectivity index (χ2v) is 17.8. The zero-order valence-corrected chi connectivity index (χ0v) is 37.5. The monoisotopic (exact) mass is 1050 g/mol. The minimum atomic E-state index is -0.852. The minimum absolute atomic E-state index is 0.0113. The first-order valence-electron chi connectivity index (χ1n) is 18.1. The van der Waals surface area contributed by atoms with Crippen molar-refractivity contribution in [1.29, 1.82) is 0 Å². The van der Waals surface area contributed by atoms with Gasteiger partial charge in [-0.3, -0.25) is 9.59 Å². The van der Waals surface area contributed by atoms with Crippen LogP contribution >= 0.6 is 75.3 Å². The van der Waals surface area contributed by atoms with Crippen LogP contribution in [-0.2, 0) is 35.6 Å². The summed E-state index contributed by atoms with van der Waals surface area (Å²) in [6, 6.07) is 14.7. The smallest absolute Gasteiger partial charge is 0.303 e. The fraction of sp³-hybridized carbons (Fsp3) is 0.366. The molecular weight excluding hydrogens is 1010 g/mol. The highest BCUT2D eigenvalue weighted by Gasteiger charge is 2.22. The SMILES string of the molecule is Cc1cc(COc2c(Br)cc(CCC(=O)O)cc2Br)c(F)c(NC2CCC2)c1.O=C(O)CCc1cc(Br)c(OCc2cc(Cl)cc(NC3CCC3)c2F)c(Br)c1. The Morgan fingerprint density at radius 1 is 0.679 bits per heavy atom. The Kier molecular flexibility index (Phi) is 16.3. The molecule has 4 N–H and O–H groups in total. The predicted octanol–water partition coefficient (Wildman–Crippen LogP) is 12.8. The molecule has 2 aliphatic carbocycles. The van der Waals surface area contributed by atoms with Crippen LogP contribution in [0.3, 0.4) is 0 Å².